The number of aryl methyl sites for hydroxylation is 1. The molecule has 1 aromatic heterocycles. The van der Waals surface area contributed by atoms with Gasteiger partial charge in [-0.25, -0.2) is 4.98 Å². The van der Waals surface area contributed by atoms with Crippen molar-refractivity contribution in [2.75, 3.05) is 33.1 Å². The maximum atomic E-state index is 5.93. The van der Waals surface area contributed by atoms with Crippen LogP contribution in [0.15, 0.2) is 18.2 Å². The molecule has 0 atom stereocenters. The monoisotopic (exact) mass is 309 g/mol. The fourth-order valence-electron chi connectivity index (χ4n) is 2.32. The van der Waals surface area contributed by atoms with E-state index < -0.39 is 0 Å². The van der Waals surface area contributed by atoms with E-state index in [-0.39, 0.29) is 0 Å². The largest absolute Gasteiger partial charge is 0.491 e. The van der Waals surface area contributed by atoms with E-state index in [1.807, 2.05) is 12.1 Å². The van der Waals surface area contributed by atoms with Crippen LogP contribution in [0.4, 0.5) is 0 Å². The van der Waals surface area contributed by atoms with Crippen LogP contribution in [-0.4, -0.2) is 47.6 Å². The van der Waals surface area contributed by atoms with Crippen molar-refractivity contribution < 1.29 is 4.74 Å². The molecule has 116 valence electrons. The second-order valence-corrected chi connectivity index (χ2v) is 5.77. The Hall–Kier alpha value is -1.26. The van der Waals surface area contributed by atoms with Gasteiger partial charge in [-0.2, -0.15) is 0 Å². The van der Waals surface area contributed by atoms with Crippen molar-refractivity contribution >= 4 is 22.6 Å². The number of likely N-dealkylation sites (N-methyl/N-ethyl adjacent to an activating group) is 1. The van der Waals surface area contributed by atoms with Crippen molar-refractivity contribution in [2.24, 2.45) is 0 Å². The first kappa shape index (κ1) is 16.1. The molecule has 0 aliphatic heterocycles. The number of hydrogen-bond donors (Lipinski definition) is 0. The van der Waals surface area contributed by atoms with Crippen LogP contribution >= 0.6 is 11.6 Å². The van der Waals surface area contributed by atoms with Crippen molar-refractivity contribution in [1.82, 2.24) is 14.5 Å². The van der Waals surface area contributed by atoms with Gasteiger partial charge in [0, 0.05) is 25.4 Å². The van der Waals surface area contributed by atoms with Gasteiger partial charge >= 0.3 is 0 Å². The summed E-state index contributed by atoms with van der Waals surface area (Å²) >= 11 is 5.93. The minimum Gasteiger partial charge on any atom is -0.491 e. The lowest BCUT2D eigenvalue weighted by Gasteiger charge is -2.13. The smallest absolute Gasteiger partial charge is 0.147 e. The summed E-state index contributed by atoms with van der Waals surface area (Å²) in [5.74, 6) is 2.49. The molecule has 0 N–H and O–H groups in total. The predicted octanol–water partition coefficient (Wildman–Crippen LogP) is 3.17. The molecule has 0 bridgehead atoms. The van der Waals surface area contributed by atoms with Gasteiger partial charge in [0.2, 0.25) is 0 Å². The average Bonchev–Trinajstić information content (AvgIpc) is 2.81. The van der Waals surface area contributed by atoms with Crippen LogP contribution < -0.4 is 4.74 Å². The van der Waals surface area contributed by atoms with Crippen LogP contribution in [0.1, 0.15) is 19.2 Å². The van der Waals surface area contributed by atoms with Gasteiger partial charge in [-0.3, -0.25) is 0 Å². The zero-order chi connectivity index (χ0) is 15.2. The maximum Gasteiger partial charge on any atom is 0.147 e. The zero-order valence-corrected chi connectivity index (χ0v) is 13.9. The van der Waals surface area contributed by atoms with Gasteiger partial charge in [0.25, 0.3) is 0 Å². The van der Waals surface area contributed by atoms with Gasteiger partial charge in [-0.1, -0.05) is 13.0 Å². The molecule has 0 spiro atoms. The molecule has 0 fully saturated rings. The molecule has 0 amide bonds. The number of aromatic nitrogens is 2. The molecule has 2 rings (SSSR count). The van der Waals surface area contributed by atoms with Gasteiger partial charge in [0.15, 0.2) is 0 Å². The molecular formula is C16H24ClN3O. The van der Waals surface area contributed by atoms with E-state index >= 15 is 0 Å². The number of para-hydroxylation sites is 1. The van der Waals surface area contributed by atoms with Crippen LogP contribution in [0.5, 0.6) is 5.75 Å². The van der Waals surface area contributed by atoms with Crippen LogP contribution in [0, 0.1) is 0 Å². The molecule has 0 radical (unpaired) electrons. The Morgan fingerprint density at radius 3 is 2.81 bits per heavy atom. The Labute approximate surface area is 131 Å². The normalized spacial score (nSPS) is 11.5. The van der Waals surface area contributed by atoms with Crippen molar-refractivity contribution in [3.8, 4) is 5.75 Å². The summed E-state index contributed by atoms with van der Waals surface area (Å²) in [6, 6.07) is 6.13. The number of halogens is 1. The summed E-state index contributed by atoms with van der Waals surface area (Å²) < 4.78 is 8.08. The maximum absolute atomic E-state index is 5.93. The topological polar surface area (TPSA) is 30.3 Å². The van der Waals surface area contributed by atoms with Gasteiger partial charge in [-0.15, -0.1) is 11.6 Å². The minimum atomic E-state index is 0.580. The van der Waals surface area contributed by atoms with E-state index in [9.17, 15) is 0 Å². The van der Waals surface area contributed by atoms with E-state index in [0.717, 1.165) is 48.5 Å². The molecule has 5 heteroatoms. The Bertz CT molecular complexity index is 580. The predicted molar refractivity (Wildman–Crippen MR) is 88.5 cm³/mol. The van der Waals surface area contributed by atoms with Gasteiger partial charge in [0.05, 0.1) is 12.1 Å². The number of nitrogens with zero attached hydrogens (tertiary/aromatic N) is 3. The summed E-state index contributed by atoms with van der Waals surface area (Å²) in [5, 5.41) is 0. The van der Waals surface area contributed by atoms with Gasteiger partial charge < -0.3 is 14.2 Å². The highest BCUT2D eigenvalue weighted by molar-refractivity contribution is 6.17. The number of ether oxygens (including phenoxy) is 1. The van der Waals surface area contributed by atoms with E-state index in [1.54, 1.807) is 0 Å². The van der Waals surface area contributed by atoms with Crippen LogP contribution in [-0.2, 0) is 13.0 Å². The lowest BCUT2D eigenvalue weighted by molar-refractivity contribution is 0.320. The highest BCUT2D eigenvalue weighted by atomic mass is 35.5. The number of hydrogen-bond acceptors (Lipinski definition) is 3. The summed E-state index contributed by atoms with van der Waals surface area (Å²) in [4.78, 5) is 6.94. The van der Waals surface area contributed by atoms with Crippen LogP contribution in [0.3, 0.4) is 0 Å². The first-order valence-corrected chi connectivity index (χ1v) is 8.02. The minimum absolute atomic E-state index is 0.580. The molecule has 2 aromatic rings. The molecule has 0 aliphatic carbocycles. The molecule has 0 saturated heterocycles. The van der Waals surface area contributed by atoms with Crippen molar-refractivity contribution in [3.63, 3.8) is 0 Å². The second kappa shape index (κ2) is 7.66. The van der Waals surface area contributed by atoms with E-state index in [0.29, 0.717) is 12.5 Å². The number of rotatable bonds is 8. The summed E-state index contributed by atoms with van der Waals surface area (Å²) in [5.41, 5.74) is 2.08. The molecule has 21 heavy (non-hydrogen) atoms. The summed E-state index contributed by atoms with van der Waals surface area (Å²) in [7, 11) is 4.16. The van der Waals surface area contributed by atoms with Crippen LogP contribution in [0.2, 0.25) is 0 Å². The molecule has 0 unspecified atom stereocenters. The average molecular weight is 310 g/mol. The van der Waals surface area contributed by atoms with Crippen LogP contribution in [0.25, 0.3) is 11.0 Å². The fourth-order valence-corrected chi connectivity index (χ4v) is 2.49. The quantitative estimate of drug-likeness (QED) is 0.702. The van der Waals surface area contributed by atoms with Crippen molar-refractivity contribution in [2.45, 2.75) is 26.3 Å². The molecular weight excluding hydrogens is 286 g/mol. The number of fused-ring (bicyclic) bond motifs is 1. The Morgan fingerprint density at radius 1 is 1.33 bits per heavy atom. The number of benzene rings is 1. The first-order chi connectivity index (χ1) is 10.2. The molecule has 1 aromatic carbocycles. The Kier molecular flexibility index (Phi) is 5.88. The molecule has 1 heterocycles. The molecule has 0 aliphatic rings. The summed E-state index contributed by atoms with van der Waals surface area (Å²) in [6.45, 7) is 4.71. The lowest BCUT2D eigenvalue weighted by Crippen LogP contribution is -2.19. The zero-order valence-electron chi connectivity index (χ0n) is 13.1. The molecule has 0 saturated carbocycles. The Morgan fingerprint density at radius 2 is 2.14 bits per heavy atom. The summed E-state index contributed by atoms with van der Waals surface area (Å²) in [6.07, 6.45) is 1.77. The Balaban J connectivity index is 2.40. The standard InChI is InChI=1S/C16H24ClN3O/c1-4-12-21-14-7-5-6-13-16(14)18-15(8-9-17)20(13)11-10-19(2)3/h5-7H,4,8-12H2,1-3H3. The number of imidazole rings is 1. The van der Waals surface area contributed by atoms with Gasteiger partial charge in [-0.05, 0) is 32.6 Å². The lowest BCUT2D eigenvalue weighted by atomic mass is 10.3. The highest BCUT2D eigenvalue weighted by Gasteiger charge is 2.14. The van der Waals surface area contributed by atoms with Gasteiger partial charge in [0.1, 0.15) is 17.1 Å². The third-order valence-electron chi connectivity index (χ3n) is 3.37. The van der Waals surface area contributed by atoms with E-state index in [2.05, 4.69) is 36.6 Å². The van der Waals surface area contributed by atoms with E-state index in [1.165, 1.54) is 0 Å². The van der Waals surface area contributed by atoms with Crippen molar-refractivity contribution in [1.29, 1.82) is 0 Å². The first-order valence-electron chi connectivity index (χ1n) is 7.49. The second-order valence-electron chi connectivity index (χ2n) is 5.39. The molecule has 4 nitrogen and oxygen atoms in total. The van der Waals surface area contributed by atoms with Crippen molar-refractivity contribution in [3.05, 3.63) is 24.0 Å². The number of alkyl halides is 1. The third-order valence-corrected chi connectivity index (χ3v) is 3.56. The highest BCUT2D eigenvalue weighted by Crippen LogP contribution is 2.26. The SMILES string of the molecule is CCCOc1cccc2c1nc(CCCl)n2CCN(C)C. The van der Waals surface area contributed by atoms with E-state index in [4.69, 9.17) is 21.3 Å². The fraction of sp³-hybridized carbons (Fsp3) is 0.562. The third kappa shape index (κ3) is 3.89.